The maximum absolute atomic E-state index is 12.4. The quantitative estimate of drug-likeness (QED) is 0.755. The Bertz CT molecular complexity index is 1080. The Morgan fingerprint density at radius 3 is 2.39 bits per heavy atom. The predicted octanol–water partition coefficient (Wildman–Crippen LogP) is 2.37. The largest absolute Gasteiger partial charge is 0.361 e. The molecule has 0 fully saturated rings. The first-order valence-corrected chi connectivity index (χ1v) is 10.0. The lowest BCUT2D eigenvalue weighted by atomic mass is 10.2. The van der Waals surface area contributed by atoms with Crippen molar-refractivity contribution in [1.82, 2.24) is 4.98 Å². The SMILES string of the molecule is CS(=O)(=O)c1cccc(S(=O)(=O)Nc2ccc3[nH]ccc3c2)c1. The Morgan fingerprint density at radius 1 is 0.913 bits per heavy atom. The number of benzene rings is 2. The van der Waals surface area contributed by atoms with E-state index in [0.717, 1.165) is 23.2 Å². The number of sulfonamides is 1. The van der Waals surface area contributed by atoms with Crippen molar-refractivity contribution in [2.75, 3.05) is 11.0 Å². The van der Waals surface area contributed by atoms with Gasteiger partial charge in [0.2, 0.25) is 0 Å². The summed E-state index contributed by atoms with van der Waals surface area (Å²) in [7, 11) is -7.35. The Kier molecular flexibility index (Phi) is 3.65. The molecular weight excluding hydrogens is 336 g/mol. The van der Waals surface area contributed by atoms with Crippen molar-refractivity contribution in [3.8, 4) is 0 Å². The summed E-state index contributed by atoms with van der Waals surface area (Å²) in [6.07, 6.45) is 2.80. The molecule has 2 aromatic carbocycles. The zero-order valence-corrected chi connectivity index (χ0v) is 13.8. The third-order valence-corrected chi connectivity index (χ3v) is 5.84. The van der Waals surface area contributed by atoms with Crippen molar-refractivity contribution >= 4 is 36.5 Å². The lowest BCUT2D eigenvalue weighted by Crippen LogP contribution is -2.13. The van der Waals surface area contributed by atoms with Gasteiger partial charge in [-0.2, -0.15) is 0 Å². The van der Waals surface area contributed by atoms with Crippen LogP contribution in [0, 0.1) is 0 Å². The lowest BCUT2D eigenvalue weighted by molar-refractivity contribution is 0.599. The van der Waals surface area contributed by atoms with E-state index in [9.17, 15) is 16.8 Å². The number of anilines is 1. The first-order chi connectivity index (χ1) is 10.8. The summed E-state index contributed by atoms with van der Waals surface area (Å²) >= 11 is 0. The van der Waals surface area contributed by atoms with Gasteiger partial charge in [-0.05, 0) is 42.5 Å². The Hall–Kier alpha value is -2.32. The van der Waals surface area contributed by atoms with Gasteiger partial charge in [0.1, 0.15) is 0 Å². The van der Waals surface area contributed by atoms with E-state index < -0.39 is 19.9 Å². The number of fused-ring (bicyclic) bond motifs is 1. The molecule has 6 nitrogen and oxygen atoms in total. The highest BCUT2D eigenvalue weighted by atomic mass is 32.2. The summed E-state index contributed by atoms with van der Waals surface area (Å²) in [4.78, 5) is 2.88. The minimum atomic E-state index is -3.87. The number of aromatic nitrogens is 1. The minimum absolute atomic E-state index is 0.0403. The van der Waals surface area contributed by atoms with Gasteiger partial charge in [-0.1, -0.05) is 6.07 Å². The van der Waals surface area contributed by atoms with Crippen LogP contribution in [-0.4, -0.2) is 28.1 Å². The maximum atomic E-state index is 12.4. The second-order valence-corrected chi connectivity index (χ2v) is 8.83. The van der Waals surface area contributed by atoms with Gasteiger partial charge in [-0.3, -0.25) is 4.72 Å². The average Bonchev–Trinajstić information content (AvgIpc) is 2.93. The van der Waals surface area contributed by atoms with Gasteiger partial charge in [0, 0.05) is 29.0 Å². The van der Waals surface area contributed by atoms with Gasteiger partial charge in [-0.25, -0.2) is 16.8 Å². The topological polar surface area (TPSA) is 96.1 Å². The Morgan fingerprint density at radius 2 is 1.65 bits per heavy atom. The molecule has 0 atom stereocenters. The molecule has 0 bridgehead atoms. The first-order valence-electron chi connectivity index (χ1n) is 6.66. The molecule has 0 amide bonds. The Balaban J connectivity index is 1.98. The van der Waals surface area contributed by atoms with Crippen LogP contribution in [0.1, 0.15) is 0 Å². The molecule has 1 aromatic heterocycles. The molecule has 0 spiro atoms. The van der Waals surface area contributed by atoms with Crippen molar-refractivity contribution in [2.24, 2.45) is 0 Å². The molecule has 3 rings (SSSR count). The summed E-state index contributed by atoms with van der Waals surface area (Å²) in [6, 6.07) is 12.2. The first kappa shape index (κ1) is 15.6. The fraction of sp³-hybridized carbons (Fsp3) is 0.0667. The van der Waals surface area contributed by atoms with Gasteiger partial charge in [-0.15, -0.1) is 0 Å². The van der Waals surface area contributed by atoms with E-state index in [2.05, 4.69) is 9.71 Å². The molecule has 8 heteroatoms. The number of hydrogen-bond acceptors (Lipinski definition) is 4. The van der Waals surface area contributed by atoms with Gasteiger partial charge in [0.15, 0.2) is 9.84 Å². The van der Waals surface area contributed by atoms with Crippen molar-refractivity contribution < 1.29 is 16.8 Å². The molecule has 0 radical (unpaired) electrons. The van der Waals surface area contributed by atoms with Gasteiger partial charge < -0.3 is 4.98 Å². The van der Waals surface area contributed by atoms with Crippen LogP contribution in [0.15, 0.2) is 64.5 Å². The van der Waals surface area contributed by atoms with Crippen LogP contribution in [0.3, 0.4) is 0 Å². The van der Waals surface area contributed by atoms with Crippen LogP contribution in [0.5, 0.6) is 0 Å². The smallest absolute Gasteiger partial charge is 0.261 e. The molecular formula is C15H14N2O4S2. The van der Waals surface area contributed by atoms with E-state index in [4.69, 9.17) is 0 Å². The summed E-state index contributed by atoms with van der Waals surface area (Å²) in [6.45, 7) is 0. The average molecular weight is 350 g/mol. The Labute approximate surface area is 134 Å². The standard InChI is InChI=1S/C15H14N2O4S2/c1-22(18,19)13-3-2-4-14(10-13)23(20,21)17-12-5-6-15-11(9-12)7-8-16-15/h2-10,16-17H,1H3. The van der Waals surface area contributed by atoms with Crippen molar-refractivity contribution in [1.29, 1.82) is 0 Å². The van der Waals surface area contributed by atoms with Crippen molar-refractivity contribution in [3.63, 3.8) is 0 Å². The lowest BCUT2D eigenvalue weighted by Gasteiger charge is -2.09. The normalized spacial score (nSPS) is 12.4. The number of nitrogens with one attached hydrogen (secondary N) is 2. The predicted molar refractivity (Wildman–Crippen MR) is 88.7 cm³/mol. The molecule has 3 aromatic rings. The van der Waals surface area contributed by atoms with Crippen LogP contribution in [0.4, 0.5) is 5.69 Å². The minimum Gasteiger partial charge on any atom is -0.361 e. The van der Waals surface area contributed by atoms with Crippen LogP contribution in [0.25, 0.3) is 10.9 Å². The maximum Gasteiger partial charge on any atom is 0.261 e. The highest BCUT2D eigenvalue weighted by Gasteiger charge is 2.17. The van der Waals surface area contributed by atoms with Gasteiger partial charge in [0.25, 0.3) is 10.0 Å². The van der Waals surface area contributed by atoms with Crippen LogP contribution in [-0.2, 0) is 19.9 Å². The molecule has 1 heterocycles. The summed E-state index contributed by atoms with van der Waals surface area (Å²) in [5.41, 5.74) is 1.30. The summed E-state index contributed by atoms with van der Waals surface area (Å²) < 4.78 is 50.5. The molecule has 0 aliphatic carbocycles. The van der Waals surface area contributed by atoms with E-state index in [1.165, 1.54) is 18.2 Å². The fourth-order valence-corrected chi connectivity index (χ4v) is 4.04. The number of sulfone groups is 1. The second-order valence-electron chi connectivity index (χ2n) is 5.13. The van der Waals surface area contributed by atoms with Crippen molar-refractivity contribution in [2.45, 2.75) is 9.79 Å². The van der Waals surface area contributed by atoms with Gasteiger partial charge in [0.05, 0.1) is 9.79 Å². The zero-order valence-electron chi connectivity index (χ0n) is 12.1. The fourth-order valence-electron chi connectivity index (χ4n) is 2.20. The molecule has 0 unspecified atom stereocenters. The van der Waals surface area contributed by atoms with Crippen LogP contribution < -0.4 is 4.72 Å². The molecule has 0 saturated carbocycles. The van der Waals surface area contributed by atoms with Crippen molar-refractivity contribution in [3.05, 3.63) is 54.7 Å². The van der Waals surface area contributed by atoms with Crippen LogP contribution >= 0.6 is 0 Å². The third-order valence-electron chi connectivity index (χ3n) is 3.35. The highest BCUT2D eigenvalue weighted by Crippen LogP contribution is 2.22. The van der Waals surface area contributed by atoms with Crippen LogP contribution in [0.2, 0.25) is 0 Å². The molecule has 23 heavy (non-hydrogen) atoms. The molecule has 120 valence electrons. The van der Waals surface area contributed by atoms with Gasteiger partial charge >= 0.3 is 0 Å². The second kappa shape index (κ2) is 5.39. The molecule has 0 saturated heterocycles. The van der Waals surface area contributed by atoms with E-state index in [1.807, 2.05) is 6.07 Å². The third kappa shape index (κ3) is 3.22. The van der Waals surface area contributed by atoms with E-state index >= 15 is 0 Å². The highest BCUT2D eigenvalue weighted by molar-refractivity contribution is 7.93. The number of hydrogen-bond donors (Lipinski definition) is 2. The van der Waals surface area contributed by atoms with E-state index in [-0.39, 0.29) is 9.79 Å². The number of H-pyrrole nitrogens is 1. The molecule has 2 N–H and O–H groups in total. The van der Waals surface area contributed by atoms with E-state index in [1.54, 1.807) is 24.4 Å². The summed E-state index contributed by atoms with van der Waals surface area (Å²) in [5, 5.41) is 0.870. The number of aromatic amines is 1. The molecule has 0 aliphatic rings. The number of rotatable bonds is 4. The zero-order chi connectivity index (χ0) is 16.7. The monoisotopic (exact) mass is 350 g/mol. The molecule has 0 aliphatic heterocycles. The van der Waals surface area contributed by atoms with E-state index in [0.29, 0.717) is 5.69 Å². The summed E-state index contributed by atoms with van der Waals surface area (Å²) in [5.74, 6) is 0.